The fourth-order valence-electron chi connectivity index (χ4n) is 3.10. The van der Waals surface area contributed by atoms with E-state index >= 15 is 0 Å². The first-order valence-corrected chi connectivity index (χ1v) is 9.30. The van der Waals surface area contributed by atoms with Crippen LogP contribution in [-0.2, 0) is 17.6 Å². The van der Waals surface area contributed by atoms with Crippen molar-refractivity contribution in [2.45, 2.75) is 33.1 Å². The summed E-state index contributed by atoms with van der Waals surface area (Å²) in [5.41, 5.74) is 0.824. The molecule has 0 saturated carbocycles. The second kappa shape index (κ2) is 7.53. The molecule has 1 aromatic heterocycles. The number of carbonyl (C=O) groups excluding carboxylic acids is 2. The number of esters is 1. The van der Waals surface area contributed by atoms with Gasteiger partial charge in [-0.25, -0.2) is 13.6 Å². The minimum atomic E-state index is -0.823. The van der Waals surface area contributed by atoms with Gasteiger partial charge in [-0.3, -0.25) is 4.79 Å². The molecule has 0 unspecified atom stereocenters. The molecule has 0 saturated heterocycles. The van der Waals surface area contributed by atoms with Crippen LogP contribution in [0.2, 0.25) is 0 Å². The number of ether oxygens (including phenoxy) is 1. The lowest BCUT2D eigenvalue weighted by Gasteiger charge is -2.18. The van der Waals surface area contributed by atoms with Gasteiger partial charge in [-0.1, -0.05) is 6.92 Å². The zero-order valence-corrected chi connectivity index (χ0v) is 15.3. The maximum Gasteiger partial charge on any atom is 0.341 e. The molecular formula is C19H19F2NO3S. The van der Waals surface area contributed by atoms with Crippen LogP contribution in [0.5, 0.6) is 0 Å². The van der Waals surface area contributed by atoms with Gasteiger partial charge in [-0.2, -0.15) is 0 Å². The van der Waals surface area contributed by atoms with E-state index < -0.39 is 29.1 Å². The molecule has 0 radical (unpaired) electrons. The molecule has 1 atom stereocenters. The van der Waals surface area contributed by atoms with Crippen LogP contribution in [0.3, 0.4) is 0 Å². The Bertz CT molecular complexity index is 863. The summed E-state index contributed by atoms with van der Waals surface area (Å²) in [4.78, 5) is 25.9. The number of nitrogens with one attached hydrogen (secondary N) is 1. The van der Waals surface area contributed by atoms with Crippen LogP contribution in [0.1, 0.15) is 51.4 Å². The molecule has 0 spiro atoms. The van der Waals surface area contributed by atoms with Gasteiger partial charge in [-0.05, 0) is 55.9 Å². The normalized spacial score (nSPS) is 16.1. The highest BCUT2D eigenvalue weighted by Crippen LogP contribution is 2.40. The van der Waals surface area contributed by atoms with Gasteiger partial charge >= 0.3 is 5.97 Å². The molecule has 1 amide bonds. The number of benzene rings is 1. The fourth-order valence-corrected chi connectivity index (χ4v) is 4.49. The van der Waals surface area contributed by atoms with Crippen molar-refractivity contribution in [3.63, 3.8) is 0 Å². The topological polar surface area (TPSA) is 55.4 Å². The van der Waals surface area contributed by atoms with Crippen molar-refractivity contribution in [2.24, 2.45) is 5.92 Å². The molecule has 1 N–H and O–H groups in total. The average Bonchev–Trinajstić information content (AvgIpc) is 2.94. The molecule has 1 heterocycles. The van der Waals surface area contributed by atoms with Gasteiger partial charge in [0.15, 0.2) is 0 Å². The predicted octanol–water partition coefficient (Wildman–Crippen LogP) is 4.58. The Labute approximate surface area is 154 Å². The molecule has 1 aliphatic rings. The number of anilines is 1. The minimum absolute atomic E-state index is 0.214. The summed E-state index contributed by atoms with van der Waals surface area (Å²) in [5, 5.41) is 2.91. The van der Waals surface area contributed by atoms with Gasteiger partial charge < -0.3 is 10.1 Å². The minimum Gasteiger partial charge on any atom is -0.462 e. The number of fused-ring (bicyclic) bond motifs is 1. The molecule has 0 bridgehead atoms. The summed E-state index contributed by atoms with van der Waals surface area (Å²) in [6, 6.07) is 2.68. The first kappa shape index (κ1) is 18.5. The highest BCUT2D eigenvalue weighted by atomic mass is 32.1. The third-order valence-electron chi connectivity index (χ3n) is 4.39. The van der Waals surface area contributed by atoms with Crippen LogP contribution in [0.15, 0.2) is 18.2 Å². The van der Waals surface area contributed by atoms with E-state index in [1.165, 1.54) is 11.3 Å². The molecule has 138 valence electrons. The number of amides is 1. The number of rotatable bonds is 4. The molecule has 7 heteroatoms. The first-order chi connectivity index (χ1) is 12.4. The molecule has 0 fully saturated rings. The van der Waals surface area contributed by atoms with Crippen molar-refractivity contribution < 1.29 is 23.1 Å². The average molecular weight is 379 g/mol. The van der Waals surface area contributed by atoms with Crippen LogP contribution in [0.4, 0.5) is 13.8 Å². The van der Waals surface area contributed by atoms with Crippen molar-refractivity contribution in [1.82, 2.24) is 0 Å². The lowest BCUT2D eigenvalue weighted by atomic mass is 9.88. The maximum absolute atomic E-state index is 13.9. The van der Waals surface area contributed by atoms with Crippen molar-refractivity contribution in [3.05, 3.63) is 51.4 Å². The quantitative estimate of drug-likeness (QED) is 0.791. The summed E-state index contributed by atoms with van der Waals surface area (Å²) in [5.74, 6) is -2.34. The van der Waals surface area contributed by atoms with Crippen molar-refractivity contribution in [1.29, 1.82) is 0 Å². The number of thiophene rings is 1. The molecule has 1 aliphatic carbocycles. The summed E-state index contributed by atoms with van der Waals surface area (Å²) in [7, 11) is 0. The van der Waals surface area contributed by atoms with Gasteiger partial charge in [0.05, 0.1) is 17.7 Å². The second-order valence-corrected chi connectivity index (χ2v) is 7.46. The largest absolute Gasteiger partial charge is 0.462 e. The standard InChI is InChI=1S/C19H19F2NO3S/c1-3-25-19(24)16-12-6-4-10(2)8-15(12)26-18(16)22-17(23)13-9-11(20)5-7-14(13)21/h5,7,9-10H,3-4,6,8H2,1-2H3,(H,22,23)/t10-/m1/s1. The predicted molar refractivity (Wildman–Crippen MR) is 95.8 cm³/mol. The van der Waals surface area contributed by atoms with E-state index in [2.05, 4.69) is 12.2 Å². The Morgan fingerprint density at radius 1 is 1.35 bits per heavy atom. The van der Waals surface area contributed by atoms with Gasteiger partial charge in [-0.15, -0.1) is 11.3 Å². The van der Waals surface area contributed by atoms with E-state index in [1.807, 2.05) is 0 Å². The molecule has 3 rings (SSSR count). The Kier molecular flexibility index (Phi) is 5.36. The van der Waals surface area contributed by atoms with Crippen LogP contribution < -0.4 is 5.32 Å². The number of carbonyl (C=O) groups is 2. The Morgan fingerprint density at radius 3 is 2.85 bits per heavy atom. The van der Waals surface area contributed by atoms with E-state index in [0.717, 1.165) is 47.9 Å². The summed E-state index contributed by atoms with van der Waals surface area (Å²) in [6.45, 7) is 4.05. The van der Waals surface area contributed by atoms with Gasteiger partial charge in [0.2, 0.25) is 0 Å². The van der Waals surface area contributed by atoms with E-state index in [0.29, 0.717) is 16.5 Å². The third-order valence-corrected chi connectivity index (χ3v) is 5.56. The molecule has 4 nitrogen and oxygen atoms in total. The van der Waals surface area contributed by atoms with Crippen molar-refractivity contribution in [3.8, 4) is 0 Å². The molecule has 0 aliphatic heterocycles. The van der Waals surface area contributed by atoms with Crippen LogP contribution in [0.25, 0.3) is 0 Å². The van der Waals surface area contributed by atoms with Crippen LogP contribution in [0, 0.1) is 17.6 Å². The Hall–Kier alpha value is -2.28. The highest BCUT2D eigenvalue weighted by Gasteiger charge is 2.29. The maximum atomic E-state index is 13.9. The van der Waals surface area contributed by atoms with Gasteiger partial charge in [0, 0.05) is 4.88 Å². The number of hydrogen-bond donors (Lipinski definition) is 1. The monoisotopic (exact) mass is 379 g/mol. The van der Waals surface area contributed by atoms with Crippen LogP contribution in [-0.4, -0.2) is 18.5 Å². The fraction of sp³-hybridized carbons (Fsp3) is 0.368. The van der Waals surface area contributed by atoms with E-state index in [1.54, 1.807) is 6.92 Å². The molecule has 26 heavy (non-hydrogen) atoms. The van der Waals surface area contributed by atoms with Crippen molar-refractivity contribution in [2.75, 3.05) is 11.9 Å². The van der Waals surface area contributed by atoms with Crippen LogP contribution >= 0.6 is 11.3 Å². The molecule has 2 aromatic rings. The highest BCUT2D eigenvalue weighted by molar-refractivity contribution is 7.17. The lowest BCUT2D eigenvalue weighted by Crippen LogP contribution is -2.17. The molecule has 1 aromatic carbocycles. The van der Waals surface area contributed by atoms with E-state index in [9.17, 15) is 18.4 Å². The summed E-state index contributed by atoms with van der Waals surface area (Å²) >= 11 is 1.30. The van der Waals surface area contributed by atoms with E-state index in [-0.39, 0.29) is 6.61 Å². The van der Waals surface area contributed by atoms with E-state index in [4.69, 9.17) is 4.74 Å². The SMILES string of the molecule is CCOC(=O)c1c(NC(=O)c2cc(F)ccc2F)sc2c1CC[C@@H](C)C2. The third kappa shape index (κ3) is 3.62. The smallest absolute Gasteiger partial charge is 0.341 e. The van der Waals surface area contributed by atoms with Gasteiger partial charge in [0.25, 0.3) is 5.91 Å². The summed E-state index contributed by atoms with van der Waals surface area (Å²) in [6.07, 6.45) is 2.49. The number of halogens is 2. The Morgan fingerprint density at radius 2 is 2.12 bits per heavy atom. The van der Waals surface area contributed by atoms with Crippen molar-refractivity contribution >= 4 is 28.2 Å². The van der Waals surface area contributed by atoms with Gasteiger partial charge in [0.1, 0.15) is 16.6 Å². The Balaban J connectivity index is 1.97. The lowest BCUT2D eigenvalue weighted by molar-refractivity contribution is 0.0526. The zero-order chi connectivity index (χ0) is 18.8. The number of hydrogen-bond acceptors (Lipinski definition) is 4. The first-order valence-electron chi connectivity index (χ1n) is 8.48. The second-order valence-electron chi connectivity index (χ2n) is 6.35. The molecular weight excluding hydrogens is 360 g/mol. The zero-order valence-electron chi connectivity index (χ0n) is 14.5. The summed E-state index contributed by atoms with van der Waals surface area (Å²) < 4.78 is 32.4.